The van der Waals surface area contributed by atoms with Crippen molar-refractivity contribution in [2.45, 2.75) is 37.8 Å². The number of halogens is 1. The quantitative estimate of drug-likeness (QED) is 0.913. The van der Waals surface area contributed by atoms with Gasteiger partial charge in [0, 0.05) is 30.0 Å². The van der Waals surface area contributed by atoms with Crippen LogP contribution in [0.3, 0.4) is 0 Å². The molecule has 0 amide bonds. The van der Waals surface area contributed by atoms with Crippen molar-refractivity contribution in [3.05, 3.63) is 28.2 Å². The standard InChI is InChI=1S/C16H23BrN2O/c1-19(10-14-4-2-3-7-18-14)11-15-9-12-8-13(17)5-6-16(12)20-15/h5-6,8,14-15,18H,2-4,7,9-11H2,1H3. The average Bonchev–Trinajstić information content (AvgIpc) is 2.80. The summed E-state index contributed by atoms with van der Waals surface area (Å²) < 4.78 is 7.18. The number of fused-ring (bicyclic) bond motifs is 1. The second kappa shape index (κ2) is 6.46. The summed E-state index contributed by atoms with van der Waals surface area (Å²) in [4.78, 5) is 2.41. The molecule has 0 saturated carbocycles. The highest BCUT2D eigenvalue weighted by Gasteiger charge is 2.25. The maximum atomic E-state index is 6.04. The second-order valence-electron chi connectivity index (χ2n) is 6.06. The van der Waals surface area contributed by atoms with Crippen molar-refractivity contribution in [2.75, 3.05) is 26.7 Å². The Morgan fingerprint density at radius 2 is 2.25 bits per heavy atom. The molecule has 20 heavy (non-hydrogen) atoms. The summed E-state index contributed by atoms with van der Waals surface area (Å²) in [5.41, 5.74) is 1.33. The molecule has 4 heteroatoms. The first-order valence-corrected chi connectivity index (χ1v) is 8.37. The number of nitrogens with one attached hydrogen (secondary N) is 1. The largest absolute Gasteiger partial charge is 0.488 e. The summed E-state index contributed by atoms with van der Waals surface area (Å²) in [5.74, 6) is 1.06. The van der Waals surface area contributed by atoms with E-state index in [9.17, 15) is 0 Å². The Bertz CT molecular complexity index is 460. The Balaban J connectivity index is 1.49. The molecule has 1 saturated heterocycles. The van der Waals surface area contributed by atoms with Gasteiger partial charge in [-0.15, -0.1) is 0 Å². The lowest BCUT2D eigenvalue weighted by atomic mass is 10.0. The topological polar surface area (TPSA) is 24.5 Å². The third-order valence-corrected chi connectivity index (χ3v) is 4.72. The molecule has 1 fully saturated rings. The summed E-state index contributed by atoms with van der Waals surface area (Å²) in [6, 6.07) is 6.96. The fourth-order valence-corrected chi connectivity index (χ4v) is 3.68. The molecular weight excluding hydrogens is 316 g/mol. The normalized spacial score (nSPS) is 25.6. The molecule has 3 nitrogen and oxygen atoms in total. The van der Waals surface area contributed by atoms with Crippen molar-refractivity contribution in [1.82, 2.24) is 10.2 Å². The summed E-state index contributed by atoms with van der Waals surface area (Å²) in [6.45, 7) is 3.31. The van der Waals surface area contributed by atoms with Gasteiger partial charge in [-0.05, 0) is 50.2 Å². The van der Waals surface area contributed by atoms with Crippen LogP contribution in [0.1, 0.15) is 24.8 Å². The molecule has 2 atom stereocenters. The minimum atomic E-state index is 0.299. The number of ether oxygens (including phenoxy) is 1. The molecular formula is C16H23BrN2O. The Morgan fingerprint density at radius 3 is 3.05 bits per heavy atom. The van der Waals surface area contributed by atoms with E-state index in [1.54, 1.807) is 0 Å². The van der Waals surface area contributed by atoms with Gasteiger partial charge in [-0.1, -0.05) is 22.4 Å². The van der Waals surface area contributed by atoms with Gasteiger partial charge in [0.25, 0.3) is 0 Å². The SMILES string of the molecule is CN(CC1CCCCN1)CC1Cc2cc(Br)ccc2O1. The molecule has 0 aliphatic carbocycles. The van der Waals surface area contributed by atoms with Gasteiger partial charge in [0.05, 0.1) is 0 Å². The lowest BCUT2D eigenvalue weighted by molar-refractivity contribution is 0.156. The van der Waals surface area contributed by atoms with Gasteiger partial charge in [0.1, 0.15) is 11.9 Å². The molecule has 0 spiro atoms. The highest BCUT2D eigenvalue weighted by atomic mass is 79.9. The summed E-state index contributed by atoms with van der Waals surface area (Å²) >= 11 is 3.53. The van der Waals surface area contributed by atoms with Gasteiger partial charge in [-0.2, -0.15) is 0 Å². The van der Waals surface area contributed by atoms with Crippen molar-refractivity contribution >= 4 is 15.9 Å². The molecule has 2 aliphatic rings. The summed E-state index contributed by atoms with van der Waals surface area (Å²) in [6.07, 6.45) is 5.33. The van der Waals surface area contributed by atoms with Crippen LogP contribution in [0.25, 0.3) is 0 Å². The Morgan fingerprint density at radius 1 is 1.35 bits per heavy atom. The minimum absolute atomic E-state index is 0.299. The van der Waals surface area contributed by atoms with Gasteiger partial charge >= 0.3 is 0 Å². The van der Waals surface area contributed by atoms with E-state index in [-0.39, 0.29) is 0 Å². The van der Waals surface area contributed by atoms with Crippen LogP contribution >= 0.6 is 15.9 Å². The van der Waals surface area contributed by atoms with Crippen LogP contribution in [-0.4, -0.2) is 43.7 Å². The van der Waals surface area contributed by atoms with Crippen molar-refractivity contribution < 1.29 is 4.74 Å². The molecule has 1 aromatic carbocycles. The van der Waals surface area contributed by atoms with E-state index in [0.29, 0.717) is 12.1 Å². The molecule has 2 heterocycles. The highest BCUT2D eigenvalue weighted by Crippen LogP contribution is 2.31. The van der Waals surface area contributed by atoms with Crippen molar-refractivity contribution in [1.29, 1.82) is 0 Å². The summed E-state index contributed by atoms with van der Waals surface area (Å²) in [5, 5.41) is 3.61. The lowest BCUT2D eigenvalue weighted by Gasteiger charge is -2.29. The Labute approximate surface area is 129 Å². The molecule has 0 aromatic heterocycles. The zero-order chi connectivity index (χ0) is 13.9. The fraction of sp³-hybridized carbons (Fsp3) is 0.625. The molecule has 0 radical (unpaired) electrons. The average molecular weight is 339 g/mol. The third-order valence-electron chi connectivity index (χ3n) is 4.22. The van der Waals surface area contributed by atoms with Crippen molar-refractivity contribution in [3.63, 3.8) is 0 Å². The van der Waals surface area contributed by atoms with E-state index in [0.717, 1.165) is 29.7 Å². The van der Waals surface area contributed by atoms with E-state index < -0.39 is 0 Å². The number of nitrogens with zero attached hydrogens (tertiary/aromatic N) is 1. The smallest absolute Gasteiger partial charge is 0.123 e. The van der Waals surface area contributed by atoms with Crippen LogP contribution in [-0.2, 0) is 6.42 Å². The molecule has 1 N–H and O–H groups in total. The van der Waals surface area contributed by atoms with E-state index in [4.69, 9.17) is 4.74 Å². The lowest BCUT2D eigenvalue weighted by Crippen LogP contribution is -2.44. The number of rotatable bonds is 4. The second-order valence-corrected chi connectivity index (χ2v) is 6.98. The predicted molar refractivity (Wildman–Crippen MR) is 85.4 cm³/mol. The number of hydrogen-bond donors (Lipinski definition) is 1. The minimum Gasteiger partial charge on any atom is -0.488 e. The highest BCUT2D eigenvalue weighted by molar-refractivity contribution is 9.10. The maximum Gasteiger partial charge on any atom is 0.123 e. The van der Waals surface area contributed by atoms with Crippen LogP contribution in [0.15, 0.2) is 22.7 Å². The molecule has 2 unspecified atom stereocenters. The van der Waals surface area contributed by atoms with Crippen LogP contribution in [0.5, 0.6) is 5.75 Å². The molecule has 110 valence electrons. The van der Waals surface area contributed by atoms with Crippen molar-refractivity contribution in [2.24, 2.45) is 0 Å². The third kappa shape index (κ3) is 3.54. The van der Waals surface area contributed by atoms with Gasteiger partial charge in [-0.25, -0.2) is 0 Å². The predicted octanol–water partition coefficient (Wildman–Crippen LogP) is 2.83. The maximum absolute atomic E-state index is 6.04. The van der Waals surface area contributed by atoms with E-state index in [1.165, 1.54) is 31.4 Å². The van der Waals surface area contributed by atoms with E-state index in [2.05, 4.69) is 51.4 Å². The van der Waals surface area contributed by atoms with Gasteiger partial charge in [0.15, 0.2) is 0 Å². The van der Waals surface area contributed by atoms with E-state index >= 15 is 0 Å². The monoisotopic (exact) mass is 338 g/mol. The molecule has 0 bridgehead atoms. The first-order chi connectivity index (χ1) is 9.70. The van der Waals surface area contributed by atoms with Crippen LogP contribution in [0.4, 0.5) is 0 Å². The molecule has 1 aromatic rings. The molecule has 3 rings (SSSR count). The number of likely N-dealkylation sites (N-methyl/N-ethyl adjacent to an activating group) is 1. The number of benzene rings is 1. The molecule has 2 aliphatic heterocycles. The van der Waals surface area contributed by atoms with Crippen molar-refractivity contribution in [3.8, 4) is 5.75 Å². The summed E-state index contributed by atoms with van der Waals surface area (Å²) in [7, 11) is 2.21. The number of hydrogen-bond acceptors (Lipinski definition) is 3. The zero-order valence-corrected chi connectivity index (χ0v) is 13.7. The van der Waals surface area contributed by atoms with Gasteiger partial charge in [0.2, 0.25) is 0 Å². The van der Waals surface area contributed by atoms with Crippen LogP contribution in [0.2, 0.25) is 0 Å². The fourth-order valence-electron chi connectivity index (χ4n) is 3.27. The van der Waals surface area contributed by atoms with Crippen LogP contribution in [0, 0.1) is 0 Å². The zero-order valence-electron chi connectivity index (χ0n) is 12.1. The first kappa shape index (κ1) is 14.4. The first-order valence-electron chi connectivity index (χ1n) is 7.58. The van der Waals surface area contributed by atoms with Gasteiger partial charge in [-0.3, -0.25) is 0 Å². The van der Waals surface area contributed by atoms with Crippen LogP contribution < -0.4 is 10.1 Å². The number of piperidine rings is 1. The van der Waals surface area contributed by atoms with E-state index in [1.807, 2.05) is 0 Å². The Kier molecular flexibility index (Phi) is 4.64. The van der Waals surface area contributed by atoms with Gasteiger partial charge < -0.3 is 15.0 Å². The Hall–Kier alpha value is -0.580.